The Kier molecular flexibility index (Phi) is 7.40. The van der Waals surface area contributed by atoms with E-state index in [1.54, 1.807) is 6.07 Å². The molecule has 0 fully saturated rings. The minimum Gasteiger partial charge on any atom is -0.492 e. The number of urea groups is 1. The summed E-state index contributed by atoms with van der Waals surface area (Å²) in [4.78, 5) is 13.9. The summed E-state index contributed by atoms with van der Waals surface area (Å²) in [6, 6.07) is 12.9. The van der Waals surface area contributed by atoms with Crippen molar-refractivity contribution in [1.82, 2.24) is 5.32 Å². The fourth-order valence-electron chi connectivity index (χ4n) is 2.07. The molecule has 0 aliphatic rings. The highest BCUT2D eigenvalue weighted by molar-refractivity contribution is 9.10. The van der Waals surface area contributed by atoms with Crippen LogP contribution in [0.3, 0.4) is 0 Å². The Morgan fingerprint density at radius 3 is 2.56 bits per heavy atom. The number of hydrogen-bond acceptors (Lipinski definition) is 3. The van der Waals surface area contributed by atoms with Crippen molar-refractivity contribution in [3.63, 3.8) is 0 Å². The molecule has 0 aliphatic carbocycles. The number of hydrogen-bond donors (Lipinski definition) is 2. The number of rotatable bonds is 7. The Morgan fingerprint density at radius 1 is 1.20 bits per heavy atom. The van der Waals surface area contributed by atoms with E-state index in [1.165, 1.54) is 0 Å². The first-order chi connectivity index (χ1) is 12.0. The maximum absolute atomic E-state index is 11.9. The molecule has 0 unspecified atom stereocenters. The topological polar surface area (TPSA) is 53.6 Å². The first-order valence-electron chi connectivity index (χ1n) is 7.86. The van der Waals surface area contributed by atoms with E-state index in [4.69, 9.17) is 16.3 Å². The van der Waals surface area contributed by atoms with Crippen molar-refractivity contribution in [2.45, 2.75) is 6.42 Å². The third kappa shape index (κ3) is 6.48. The van der Waals surface area contributed by atoms with Gasteiger partial charge in [-0.25, -0.2) is 4.79 Å². The van der Waals surface area contributed by atoms with Gasteiger partial charge in [0.2, 0.25) is 0 Å². The molecule has 0 atom stereocenters. The lowest BCUT2D eigenvalue weighted by atomic mass is 10.2. The van der Waals surface area contributed by atoms with Crippen LogP contribution in [0.2, 0.25) is 5.02 Å². The molecule has 134 valence electrons. The molecule has 5 nitrogen and oxygen atoms in total. The zero-order valence-corrected chi connectivity index (χ0v) is 16.5. The van der Waals surface area contributed by atoms with Gasteiger partial charge in [0.05, 0.1) is 11.6 Å². The van der Waals surface area contributed by atoms with Crippen LogP contribution in [-0.2, 0) is 0 Å². The second kappa shape index (κ2) is 9.53. The standard InChI is InChI=1S/C18H21BrClN3O2/c1-23(2)15-7-5-14(6-8-15)22-18(24)21-10-3-11-25-17-9-4-13(19)12-16(17)20/h4-9,12H,3,10-11H2,1-2H3,(H2,21,22,24). The van der Waals surface area contributed by atoms with Crippen molar-refractivity contribution >= 4 is 44.9 Å². The van der Waals surface area contributed by atoms with Gasteiger partial charge in [0.25, 0.3) is 0 Å². The van der Waals surface area contributed by atoms with Gasteiger partial charge in [0, 0.05) is 36.5 Å². The smallest absolute Gasteiger partial charge is 0.319 e. The van der Waals surface area contributed by atoms with Crippen LogP contribution in [0.1, 0.15) is 6.42 Å². The lowest BCUT2D eigenvalue weighted by Gasteiger charge is -2.13. The summed E-state index contributed by atoms with van der Waals surface area (Å²) in [7, 11) is 3.94. The van der Waals surface area contributed by atoms with Gasteiger partial charge in [-0.15, -0.1) is 0 Å². The van der Waals surface area contributed by atoms with E-state index >= 15 is 0 Å². The maximum Gasteiger partial charge on any atom is 0.319 e. The van der Waals surface area contributed by atoms with Crippen molar-refractivity contribution in [1.29, 1.82) is 0 Å². The maximum atomic E-state index is 11.9. The molecule has 0 aromatic heterocycles. The molecule has 2 aromatic carbocycles. The van der Waals surface area contributed by atoms with Gasteiger partial charge in [-0.1, -0.05) is 27.5 Å². The Labute approximate surface area is 161 Å². The fourth-order valence-corrected chi connectivity index (χ4v) is 2.79. The van der Waals surface area contributed by atoms with Gasteiger partial charge in [-0.05, 0) is 48.9 Å². The van der Waals surface area contributed by atoms with Gasteiger partial charge in [-0.3, -0.25) is 0 Å². The number of ether oxygens (including phenoxy) is 1. The van der Waals surface area contributed by atoms with Gasteiger partial charge >= 0.3 is 6.03 Å². The first-order valence-corrected chi connectivity index (χ1v) is 9.03. The Balaban J connectivity index is 1.66. The zero-order chi connectivity index (χ0) is 18.2. The van der Waals surface area contributed by atoms with Gasteiger partial charge in [0.15, 0.2) is 0 Å². The van der Waals surface area contributed by atoms with Crippen LogP contribution in [0.5, 0.6) is 5.75 Å². The molecule has 0 heterocycles. The van der Waals surface area contributed by atoms with Crippen LogP contribution in [0.15, 0.2) is 46.9 Å². The monoisotopic (exact) mass is 425 g/mol. The van der Waals surface area contributed by atoms with Crippen molar-refractivity contribution in [2.75, 3.05) is 37.5 Å². The minimum atomic E-state index is -0.237. The fraction of sp³-hybridized carbons (Fsp3) is 0.278. The number of nitrogens with one attached hydrogen (secondary N) is 2. The average Bonchev–Trinajstić information content (AvgIpc) is 2.56. The van der Waals surface area contributed by atoms with Crippen molar-refractivity contribution in [3.8, 4) is 5.75 Å². The Morgan fingerprint density at radius 2 is 1.92 bits per heavy atom. The normalized spacial score (nSPS) is 10.2. The van der Waals surface area contributed by atoms with Gasteiger partial charge in [0.1, 0.15) is 5.75 Å². The SMILES string of the molecule is CN(C)c1ccc(NC(=O)NCCCOc2ccc(Br)cc2Cl)cc1. The summed E-state index contributed by atoms with van der Waals surface area (Å²) < 4.78 is 6.50. The third-order valence-corrected chi connectivity index (χ3v) is 4.19. The number of anilines is 2. The van der Waals surface area contributed by atoms with Crippen LogP contribution in [0, 0.1) is 0 Å². The van der Waals surface area contributed by atoms with Gasteiger partial charge < -0.3 is 20.3 Å². The van der Waals surface area contributed by atoms with E-state index in [1.807, 2.05) is 55.4 Å². The molecular weight excluding hydrogens is 406 g/mol. The summed E-state index contributed by atoms with van der Waals surface area (Å²) in [5.41, 5.74) is 1.83. The minimum absolute atomic E-state index is 0.237. The largest absolute Gasteiger partial charge is 0.492 e. The summed E-state index contributed by atoms with van der Waals surface area (Å²) in [5.74, 6) is 0.635. The second-order valence-corrected chi connectivity index (χ2v) is 6.92. The molecular formula is C18H21BrClN3O2. The van der Waals surface area contributed by atoms with Crippen molar-refractivity contribution in [2.24, 2.45) is 0 Å². The number of benzene rings is 2. The molecule has 0 radical (unpaired) electrons. The lowest BCUT2D eigenvalue weighted by Crippen LogP contribution is -2.30. The van der Waals surface area contributed by atoms with E-state index in [0.717, 1.165) is 15.8 Å². The lowest BCUT2D eigenvalue weighted by molar-refractivity contribution is 0.250. The molecule has 2 N–H and O–H groups in total. The van der Waals surface area contributed by atoms with E-state index in [9.17, 15) is 4.79 Å². The summed E-state index contributed by atoms with van der Waals surface area (Å²) in [5, 5.41) is 6.15. The Hall–Kier alpha value is -1.92. The molecule has 0 spiro atoms. The van der Waals surface area contributed by atoms with Crippen LogP contribution in [-0.4, -0.2) is 33.3 Å². The summed E-state index contributed by atoms with van der Waals surface area (Å²) in [6.45, 7) is 0.981. The molecule has 2 rings (SSSR count). The number of carbonyl (C=O) groups excluding carboxylic acids is 1. The molecule has 0 saturated heterocycles. The second-order valence-electron chi connectivity index (χ2n) is 5.60. The predicted octanol–water partition coefficient (Wildman–Crippen LogP) is 4.76. The third-order valence-electron chi connectivity index (χ3n) is 3.40. The zero-order valence-electron chi connectivity index (χ0n) is 14.2. The number of carbonyl (C=O) groups is 1. The molecule has 0 bridgehead atoms. The van der Waals surface area contributed by atoms with Crippen LogP contribution < -0.4 is 20.3 Å². The summed E-state index contributed by atoms with van der Waals surface area (Å²) >= 11 is 9.42. The highest BCUT2D eigenvalue weighted by atomic mass is 79.9. The molecule has 0 saturated carbocycles. The molecule has 7 heteroatoms. The highest BCUT2D eigenvalue weighted by Gasteiger charge is 2.04. The summed E-state index contributed by atoms with van der Waals surface area (Å²) in [6.07, 6.45) is 0.680. The van der Waals surface area contributed by atoms with E-state index in [2.05, 4.69) is 26.6 Å². The molecule has 25 heavy (non-hydrogen) atoms. The van der Waals surface area contributed by atoms with E-state index < -0.39 is 0 Å². The Bertz CT molecular complexity index is 708. The molecule has 0 aliphatic heterocycles. The van der Waals surface area contributed by atoms with Crippen LogP contribution in [0.25, 0.3) is 0 Å². The first kappa shape index (κ1) is 19.4. The van der Waals surface area contributed by atoms with E-state index in [0.29, 0.717) is 30.3 Å². The molecule has 2 aromatic rings. The quantitative estimate of drug-likeness (QED) is 0.628. The van der Waals surface area contributed by atoms with Gasteiger partial charge in [-0.2, -0.15) is 0 Å². The highest BCUT2D eigenvalue weighted by Crippen LogP contribution is 2.27. The van der Waals surface area contributed by atoms with Crippen LogP contribution in [0.4, 0.5) is 16.2 Å². The van der Waals surface area contributed by atoms with Crippen LogP contribution >= 0.6 is 27.5 Å². The average molecular weight is 427 g/mol. The number of halogens is 2. The molecule has 2 amide bonds. The predicted molar refractivity (Wildman–Crippen MR) is 107 cm³/mol. The number of amides is 2. The van der Waals surface area contributed by atoms with E-state index in [-0.39, 0.29) is 6.03 Å². The van der Waals surface area contributed by atoms with Crippen molar-refractivity contribution in [3.05, 3.63) is 52.0 Å². The number of nitrogens with zero attached hydrogens (tertiary/aromatic N) is 1. The van der Waals surface area contributed by atoms with Crippen molar-refractivity contribution < 1.29 is 9.53 Å².